The Labute approximate surface area is 118 Å². The molecule has 1 aromatic heterocycles. The number of nitrogen functional groups attached to an aromatic ring is 1. The molecule has 0 bridgehead atoms. The van der Waals surface area contributed by atoms with Crippen LogP contribution in [-0.4, -0.2) is 40.1 Å². The minimum absolute atomic E-state index is 0.106. The maximum Gasteiger partial charge on any atom is 0.345 e. The second-order valence-electron chi connectivity index (χ2n) is 5.41. The molecule has 0 amide bonds. The Morgan fingerprint density at radius 1 is 1.55 bits per heavy atom. The third kappa shape index (κ3) is 2.58. The third-order valence-electron chi connectivity index (χ3n) is 3.52. The number of hydrogen-bond donors (Lipinski definition) is 3. The molecule has 0 radical (unpaired) electrons. The van der Waals surface area contributed by atoms with Crippen molar-refractivity contribution in [1.82, 2.24) is 9.78 Å². The molecule has 2 atom stereocenters. The third-order valence-corrected chi connectivity index (χ3v) is 3.52. The van der Waals surface area contributed by atoms with Gasteiger partial charge in [-0.25, -0.2) is 9.48 Å². The summed E-state index contributed by atoms with van der Waals surface area (Å²) in [5.41, 5.74) is 6.28. The lowest BCUT2D eigenvalue weighted by molar-refractivity contribution is 0.0602. The molecule has 0 aliphatic heterocycles. The first-order chi connectivity index (χ1) is 9.45. The lowest BCUT2D eigenvalue weighted by Crippen LogP contribution is -2.21. The summed E-state index contributed by atoms with van der Waals surface area (Å²) >= 11 is 0. The number of ether oxygens (including phenoxy) is 1. The standard InChI is InChI=1S/C13H22N4O3/c1-7(2)15-12-10(13(19)20-3)11(14)17(16-12)8-5-4-6-9(8)18/h7-9,18H,4-6,14H2,1-3H3,(H,15,16). The second kappa shape index (κ2) is 5.70. The number of nitrogens with zero attached hydrogens (tertiary/aromatic N) is 2. The van der Waals surface area contributed by atoms with Gasteiger partial charge in [0, 0.05) is 6.04 Å². The Morgan fingerprint density at radius 2 is 2.25 bits per heavy atom. The molecule has 4 N–H and O–H groups in total. The van der Waals surface area contributed by atoms with Crippen molar-refractivity contribution in [1.29, 1.82) is 0 Å². The lowest BCUT2D eigenvalue weighted by Gasteiger charge is -2.16. The number of carbonyl (C=O) groups is 1. The molecule has 1 heterocycles. The molecular formula is C13H22N4O3. The molecular weight excluding hydrogens is 260 g/mol. The minimum atomic E-state index is -0.524. The van der Waals surface area contributed by atoms with E-state index in [4.69, 9.17) is 10.5 Å². The van der Waals surface area contributed by atoms with E-state index in [9.17, 15) is 9.90 Å². The summed E-state index contributed by atoms with van der Waals surface area (Å²) in [6.07, 6.45) is 1.97. The molecule has 1 aromatic rings. The highest BCUT2D eigenvalue weighted by Crippen LogP contribution is 2.34. The van der Waals surface area contributed by atoms with Crippen molar-refractivity contribution < 1.29 is 14.6 Å². The monoisotopic (exact) mass is 282 g/mol. The van der Waals surface area contributed by atoms with Crippen molar-refractivity contribution in [2.24, 2.45) is 0 Å². The van der Waals surface area contributed by atoms with Gasteiger partial charge < -0.3 is 20.9 Å². The van der Waals surface area contributed by atoms with Gasteiger partial charge in [-0.05, 0) is 33.1 Å². The molecule has 7 nitrogen and oxygen atoms in total. The number of hydrogen-bond acceptors (Lipinski definition) is 6. The van der Waals surface area contributed by atoms with Crippen LogP contribution in [-0.2, 0) is 4.74 Å². The number of esters is 1. The highest BCUT2D eigenvalue weighted by molar-refractivity contribution is 5.99. The number of carbonyl (C=O) groups excluding carboxylic acids is 1. The van der Waals surface area contributed by atoms with Gasteiger partial charge in [0.2, 0.25) is 0 Å². The molecule has 1 saturated carbocycles. The number of nitrogens with one attached hydrogen (secondary N) is 1. The molecule has 20 heavy (non-hydrogen) atoms. The summed E-state index contributed by atoms with van der Waals surface area (Å²) in [6.45, 7) is 3.89. The van der Waals surface area contributed by atoms with Crippen LogP contribution in [0.1, 0.15) is 49.5 Å². The molecule has 0 aromatic carbocycles. The van der Waals surface area contributed by atoms with Gasteiger partial charge in [-0.2, -0.15) is 5.10 Å². The quantitative estimate of drug-likeness (QED) is 0.716. The van der Waals surface area contributed by atoms with Crippen LogP contribution in [0, 0.1) is 0 Å². The fraction of sp³-hybridized carbons (Fsp3) is 0.692. The van der Waals surface area contributed by atoms with Crippen molar-refractivity contribution in [3.63, 3.8) is 0 Å². The van der Waals surface area contributed by atoms with E-state index in [1.54, 1.807) is 4.68 Å². The molecule has 1 aliphatic rings. The van der Waals surface area contributed by atoms with Crippen LogP contribution in [0.4, 0.5) is 11.6 Å². The van der Waals surface area contributed by atoms with Gasteiger partial charge >= 0.3 is 5.97 Å². The van der Waals surface area contributed by atoms with Crippen LogP contribution in [0.25, 0.3) is 0 Å². The van der Waals surface area contributed by atoms with Gasteiger partial charge in [0.1, 0.15) is 11.4 Å². The van der Waals surface area contributed by atoms with Gasteiger partial charge in [0.05, 0.1) is 19.3 Å². The average molecular weight is 282 g/mol. The van der Waals surface area contributed by atoms with Crippen molar-refractivity contribution >= 4 is 17.6 Å². The molecule has 7 heteroatoms. The number of rotatable bonds is 4. The molecule has 1 aliphatic carbocycles. The van der Waals surface area contributed by atoms with Gasteiger partial charge in [-0.15, -0.1) is 0 Å². The summed E-state index contributed by atoms with van der Waals surface area (Å²) in [6, 6.07) is -0.0734. The first-order valence-corrected chi connectivity index (χ1v) is 6.86. The molecule has 0 saturated heterocycles. The largest absolute Gasteiger partial charge is 0.465 e. The fourth-order valence-electron chi connectivity index (χ4n) is 2.58. The van der Waals surface area contributed by atoms with Gasteiger partial charge in [-0.1, -0.05) is 0 Å². The Bertz CT molecular complexity index is 498. The zero-order valence-corrected chi connectivity index (χ0v) is 12.1. The minimum Gasteiger partial charge on any atom is -0.465 e. The Hall–Kier alpha value is -1.76. The predicted molar refractivity (Wildman–Crippen MR) is 75.6 cm³/mol. The van der Waals surface area contributed by atoms with E-state index in [0.29, 0.717) is 5.82 Å². The summed E-state index contributed by atoms with van der Waals surface area (Å²) in [5, 5.41) is 17.5. The Morgan fingerprint density at radius 3 is 2.75 bits per heavy atom. The first kappa shape index (κ1) is 14.6. The van der Waals surface area contributed by atoms with Crippen molar-refractivity contribution in [3.05, 3.63) is 5.56 Å². The topological polar surface area (TPSA) is 102 Å². The maximum absolute atomic E-state index is 11.9. The van der Waals surface area contributed by atoms with Gasteiger partial charge in [0.15, 0.2) is 5.82 Å². The Kier molecular flexibility index (Phi) is 4.17. The number of aromatic nitrogens is 2. The highest BCUT2D eigenvalue weighted by Gasteiger charge is 2.32. The molecule has 2 rings (SSSR count). The van der Waals surface area contributed by atoms with Crippen LogP contribution in [0.2, 0.25) is 0 Å². The number of nitrogens with two attached hydrogens (primary N) is 1. The predicted octanol–water partition coefficient (Wildman–Crippen LogP) is 1.16. The second-order valence-corrected chi connectivity index (χ2v) is 5.41. The van der Waals surface area contributed by atoms with E-state index < -0.39 is 12.1 Å². The van der Waals surface area contributed by atoms with E-state index in [0.717, 1.165) is 19.3 Å². The molecule has 0 spiro atoms. The van der Waals surface area contributed by atoms with Crippen LogP contribution in [0.15, 0.2) is 0 Å². The summed E-state index contributed by atoms with van der Waals surface area (Å²) in [4.78, 5) is 11.9. The zero-order valence-electron chi connectivity index (χ0n) is 12.1. The fourth-order valence-corrected chi connectivity index (χ4v) is 2.58. The summed E-state index contributed by atoms with van der Waals surface area (Å²) < 4.78 is 6.32. The van der Waals surface area contributed by atoms with Crippen LogP contribution in [0.5, 0.6) is 0 Å². The zero-order chi connectivity index (χ0) is 14.9. The summed E-state index contributed by atoms with van der Waals surface area (Å²) in [5.74, 6) is 0.124. The van der Waals surface area contributed by atoms with Crippen LogP contribution < -0.4 is 11.1 Å². The first-order valence-electron chi connectivity index (χ1n) is 6.86. The number of aliphatic hydroxyl groups excluding tert-OH is 1. The van der Waals surface area contributed by atoms with Crippen LogP contribution >= 0.6 is 0 Å². The van der Waals surface area contributed by atoms with Crippen molar-refractivity contribution in [2.75, 3.05) is 18.2 Å². The van der Waals surface area contributed by atoms with E-state index >= 15 is 0 Å². The van der Waals surface area contributed by atoms with E-state index in [-0.39, 0.29) is 23.5 Å². The molecule has 1 fully saturated rings. The number of anilines is 2. The van der Waals surface area contributed by atoms with E-state index in [2.05, 4.69) is 10.4 Å². The molecule has 112 valence electrons. The van der Waals surface area contributed by atoms with Gasteiger partial charge in [0.25, 0.3) is 0 Å². The van der Waals surface area contributed by atoms with E-state index in [1.165, 1.54) is 7.11 Å². The Balaban J connectivity index is 2.43. The SMILES string of the molecule is COC(=O)c1c(NC(C)C)nn(C2CCCC2O)c1N. The highest BCUT2D eigenvalue weighted by atomic mass is 16.5. The van der Waals surface area contributed by atoms with Gasteiger partial charge in [-0.3, -0.25) is 0 Å². The smallest absolute Gasteiger partial charge is 0.345 e. The number of methoxy groups -OCH3 is 1. The average Bonchev–Trinajstić information content (AvgIpc) is 2.92. The lowest BCUT2D eigenvalue weighted by atomic mass is 10.2. The maximum atomic E-state index is 11.9. The summed E-state index contributed by atoms with van der Waals surface area (Å²) in [7, 11) is 1.31. The van der Waals surface area contributed by atoms with E-state index in [1.807, 2.05) is 13.8 Å². The van der Waals surface area contributed by atoms with Crippen LogP contribution in [0.3, 0.4) is 0 Å². The molecule has 2 unspecified atom stereocenters. The number of aliphatic hydroxyl groups is 1. The normalized spacial score (nSPS) is 22.2. The van der Waals surface area contributed by atoms with Crippen molar-refractivity contribution in [2.45, 2.75) is 51.3 Å². The van der Waals surface area contributed by atoms with Crippen molar-refractivity contribution in [3.8, 4) is 0 Å².